The minimum atomic E-state index is -0.676. The summed E-state index contributed by atoms with van der Waals surface area (Å²) in [5.41, 5.74) is 1.05. The molecular formula is C13H14N2O3. The SMILES string of the molecule is CC(=O)N1CCC2(C1)OC(=O)Nc1ccccc12. The van der Waals surface area contributed by atoms with Gasteiger partial charge in [0.15, 0.2) is 5.60 Å². The summed E-state index contributed by atoms with van der Waals surface area (Å²) in [7, 11) is 0. The molecule has 0 aliphatic carbocycles. The summed E-state index contributed by atoms with van der Waals surface area (Å²) in [6.07, 6.45) is 0.205. The van der Waals surface area contributed by atoms with Gasteiger partial charge in [-0.25, -0.2) is 4.79 Å². The number of hydrogen-bond donors (Lipinski definition) is 1. The van der Waals surface area contributed by atoms with E-state index in [1.165, 1.54) is 6.92 Å². The monoisotopic (exact) mass is 246 g/mol. The molecule has 2 heterocycles. The lowest BCUT2D eigenvalue weighted by Gasteiger charge is -2.35. The first-order chi connectivity index (χ1) is 8.61. The molecular weight excluding hydrogens is 232 g/mol. The highest BCUT2D eigenvalue weighted by Crippen LogP contribution is 2.42. The lowest BCUT2D eigenvalue weighted by Crippen LogP contribution is -2.42. The second kappa shape index (κ2) is 3.73. The third kappa shape index (κ3) is 1.54. The van der Waals surface area contributed by atoms with Gasteiger partial charge < -0.3 is 9.64 Å². The molecule has 3 rings (SSSR count). The van der Waals surface area contributed by atoms with Crippen LogP contribution in [0.4, 0.5) is 10.5 Å². The van der Waals surface area contributed by atoms with Crippen LogP contribution in [0.25, 0.3) is 0 Å². The molecule has 1 fully saturated rings. The molecule has 5 heteroatoms. The number of nitrogens with zero attached hydrogens (tertiary/aromatic N) is 1. The lowest BCUT2D eigenvalue weighted by molar-refractivity contribution is -0.128. The average Bonchev–Trinajstić information content (AvgIpc) is 2.74. The van der Waals surface area contributed by atoms with Gasteiger partial charge in [-0.15, -0.1) is 0 Å². The van der Waals surface area contributed by atoms with Gasteiger partial charge in [0.05, 0.1) is 12.2 Å². The Morgan fingerprint density at radius 3 is 2.94 bits per heavy atom. The maximum Gasteiger partial charge on any atom is 0.412 e. The smallest absolute Gasteiger partial charge is 0.412 e. The number of benzene rings is 1. The molecule has 1 N–H and O–H groups in total. The van der Waals surface area contributed by atoms with Crippen molar-refractivity contribution >= 4 is 17.7 Å². The molecule has 1 spiro atoms. The zero-order valence-electron chi connectivity index (χ0n) is 10.1. The van der Waals surface area contributed by atoms with Crippen LogP contribution in [0.15, 0.2) is 24.3 Å². The van der Waals surface area contributed by atoms with Gasteiger partial charge >= 0.3 is 6.09 Å². The summed E-state index contributed by atoms with van der Waals surface area (Å²) in [5.74, 6) is 0.0129. The molecule has 1 atom stereocenters. The van der Waals surface area contributed by atoms with Crippen LogP contribution in [0.3, 0.4) is 0 Å². The van der Waals surface area contributed by atoms with E-state index in [-0.39, 0.29) is 5.91 Å². The van der Waals surface area contributed by atoms with Crippen LogP contribution in [-0.4, -0.2) is 30.0 Å². The van der Waals surface area contributed by atoms with Gasteiger partial charge in [0, 0.05) is 25.5 Å². The van der Waals surface area contributed by atoms with E-state index in [9.17, 15) is 9.59 Å². The Hall–Kier alpha value is -2.04. The van der Waals surface area contributed by atoms with Crippen LogP contribution in [0, 0.1) is 0 Å². The highest BCUT2D eigenvalue weighted by molar-refractivity contribution is 5.89. The molecule has 2 aliphatic rings. The minimum absolute atomic E-state index is 0.0129. The normalized spacial score (nSPS) is 25.6. The van der Waals surface area contributed by atoms with Crippen molar-refractivity contribution in [3.8, 4) is 0 Å². The van der Waals surface area contributed by atoms with Crippen molar-refractivity contribution in [3.63, 3.8) is 0 Å². The Labute approximate surface area is 105 Å². The highest BCUT2D eigenvalue weighted by Gasteiger charge is 2.47. The quantitative estimate of drug-likeness (QED) is 0.758. The van der Waals surface area contributed by atoms with Gasteiger partial charge in [-0.3, -0.25) is 10.1 Å². The van der Waals surface area contributed by atoms with E-state index in [4.69, 9.17) is 4.74 Å². The molecule has 0 bridgehead atoms. The highest BCUT2D eigenvalue weighted by atomic mass is 16.6. The summed E-state index contributed by atoms with van der Waals surface area (Å²) in [6.45, 7) is 2.59. The Bertz CT molecular complexity index is 529. The first kappa shape index (κ1) is 11.1. The number of ether oxygens (including phenoxy) is 1. The first-order valence-corrected chi connectivity index (χ1v) is 5.96. The fraction of sp³-hybridized carbons (Fsp3) is 0.385. The number of para-hydroxylation sites is 1. The number of carbonyl (C=O) groups is 2. The van der Waals surface area contributed by atoms with E-state index in [0.29, 0.717) is 19.5 Å². The number of amides is 2. The number of anilines is 1. The fourth-order valence-corrected chi connectivity index (χ4v) is 2.71. The second-order valence-electron chi connectivity index (χ2n) is 4.74. The van der Waals surface area contributed by atoms with E-state index >= 15 is 0 Å². The van der Waals surface area contributed by atoms with E-state index in [1.54, 1.807) is 4.90 Å². The molecule has 1 aromatic carbocycles. The lowest BCUT2D eigenvalue weighted by atomic mass is 9.90. The average molecular weight is 246 g/mol. The summed E-state index contributed by atoms with van der Waals surface area (Å²) in [6, 6.07) is 7.58. The molecule has 0 aromatic heterocycles. The molecule has 18 heavy (non-hydrogen) atoms. The van der Waals surface area contributed by atoms with E-state index < -0.39 is 11.7 Å². The number of likely N-dealkylation sites (tertiary alicyclic amines) is 1. The van der Waals surface area contributed by atoms with Gasteiger partial charge in [0.25, 0.3) is 0 Å². The number of hydrogen-bond acceptors (Lipinski definition) is 3. The van der Waals surface area contributed by atoms with Crippen LogP contribution in [0.5, 0.6) is 0 Å². The zero-order valence-corrected chi connectivity index (χ0v) is 10.1. The summed E-state index contributed by atoms with van der Waals surface area (Å²) < 4.78 is 5.50. The third-order valence-corrected chi connectivity index (χ3v) is 3.62. The van der Waals surface area contributed by atoms with Gasteiger partial charge in [-0.05, 0) is 6.07 Å². The number of rotatable bonds is 0. The van der Waals surface area contributed by atoms with Crippen molar-refractivity contribution in [1.82, 2.24) is 4.90 Å². The van der Waals surface area contributed by atoms with Crippen molar-refractivity contribution in [3.05, 3.63) is 29.8 Å². The molecule has 0 radical (unpaired) electrons. The van der Waals surface area contributed by atoms with Crippen molar-refractivity contribution in [1.29, 1.82) is 0 Å². The van der Waals surface area contributed by atoms with E-state index in [0.717, 1.165) is 11.3 Å². The zero-order chi connectivity index (χ0) is 12.8. The summed E-state index contributed by atoms with van der Waals surface area (Å²) >= 11 is 0. The maximum absolute atomic E-state index is 11.6. The van der Waals surface area contributed by atoms with Crippen molar-refractivity contribution in [2.75, 3.05) is 18.4 Å². The number of fused-ring (bicyclic) bond motifs is 2. The molecule has 1 aromatic rings. The Balaban J connectivity index is 2.03. The van der Waals surface area contributed by atoms with Gasteiger partial charge in [-0.2, -0.15) is 0 Å². The predicted octanol–water partition coefficient (Wildman–Crippen LogP) is 1.70. The van der Waals surface area contributed by atoms with Crippen LogP contribution in [0.1, 0.15) is 18.9 Å². The van der Waals surface area contributed by atoms with Gasteiger partial charge in [0.2, 0.25) is 5.91 Å². The maximum atomic E-state index is 11.6. The second-order valence-corrected chi connectivity index (χ2v) is 4.74. The molecule has 2 amide bonds. The van der Waals surface area contributed by atoms with Crippen LogP contribution in [0.2, 0.25) is 0 Å². The standard InChI is InChI=1S/C13H14N2O3/c1-9(16)15-7-6-13(8-15)10-4-2-3-5-11(10)14-12(17)18-13/h2-5H,6-8H2,1H3,(H,14,17). The van der Waals surface area contributed by atoms with Crippen molar-refractivity contribution in [2.45, 2.75) is 18.9 Å². The van der Waals surface area contributed by atoms with E-state index in [1.807, 2.05) is 24.3 Å². The van der Waals surface area contributed by atoms with Gasteiger partial charge in [0.1, 0.15) is 0 Å². The molecule has 2 aliphatic heterocycles. The number of carbonyl (C=O) groups excluding carboxylic acids is 2. The molecule has 1 unspecified atom stereocenters. The largest absolute Gasteiger partial charge is 0.436 e. The van der Waals surface area contributed by atoms with Crippen LogP contribution >= 0.6 is 0 Å². The van der Waals surface area contributed by atoms with E-state index in [2.05, 4.69) is 5.32 Å². The molecule has 1 saturated heterocycles. The summed E-state index contributed by atoms with van der Waals surface area (Å²) in [4.78, 5) is 24.8. The minimum Gasteiger partial charge on any atom is -0.436 e. The Morgan fingerprint density at radius 1 is 1.44 bits per heavy atom. The van der Waals surface area contributed by atoms with Crippen molar-refractivity contribution < 1.29 is 14.3 Å². The van der Waals surface area contributed by atoms with Crippen molar-refractivity contribution in [2.24, 2.45) is 0 Å². The predicted molar refractivity (Wildman–Crippen MR) is 65.1 cm³/mol. The molecule has 94 valence electrons. The van der Waals surface area contributed by atoms with Crippen LogP contribution in [-0.2, 0) is 15.1 Å². The Morgan fingerprint density at radius 2 is 2.22 bits per heavy atom. The third-order valence-electron chi connectivity index (χ3n) is 3.62. The topological polar surface area (TPSA) is 58.6 Å². The van der Waals surface area contributed by atoms with Crippen LogP contribution < -0.4 is 5.32 Å². The summed E-state index contributed by atoms with van der Waals surface area (Å²) in [5, 5.41) is 2.69. The number of nitrogens with one attached hydrogen (secondary N) is 1. The molecule has 0 saturated carbocycles. The fourth-order valence-electron chi connectivity index (χ4n) is 2.71. The Kier molecular flexibility index (Phi) is 2.29. The first-order valence-electron chi connectivity index (χ1n) is 5.96. The van der Waals surface area contributed by atoms with Gasteiger partial charge in [-0.1, -0.05) is 18.2 Å². The molecule has 5 nitrogen and oxygen atoms in total.